The summed E-state index contributed by atoms with van der Waals surface area (Å²) < 4.78 is 1.73. The van der Waals surface area contributed by atoms with Gasteiger partial charge in [0.2, 0.25) is 0 Å². The van der Waals surface area contributed by atoms with Crippen LogP contribution in [0, 0.1) is 0 Å². The van der Waals surface area contributed by atoms with Gasteiger partial charge in [-0.15, -0.1) is 0 Å². The van der Waals surface area contributed by atoms with Gasteiger partial charge in [0.25, 0.3) is 0 Å². The molecule has 0 aliphatic carbocycles. The second kappa shape index (κ2) is 7.31. The fraction of sp³-hybridized carbons (Fsp3) is 0.667. The van der Waals surface area contributed by atoms with Crippen LogP contribution in [0.25, 0.3) is 0 Å². The largest absolute Gasteiger partial charge is 0.335 e. The number of amides is 2. The normalized spacial score (nSPS) is 14.0. The molecule has 102 valence electrons. The maximum absolute atomic E-state index is 11.8. The Morgan fingerprint density at radius 1 is 1.56 bits per heavy atom. The Bertz CT molecular complexity index is 380. The lowest BCUT2D eigenvalue weighted by Crippen LogP contribution is -2.43. The Hall–Kier alpha value is -1.17. The zero-order valence-electron chi connectivity index (χ0n) is 11.4. The van der Waals surface area contributed by atoms with Crippen LogP contribution in [-0.4, -0.2) is 33.9 Å². The van der Waals surface area contributed by atoms with E-state index in [2.05, 4.69) is 22.7 Å². The molecule has 0 bridgehead atoms. The quantitative estimate of drug-likeness (QED) is 0.830. The lowest BCUT2D eigenvalue weighted by Gasteiger charge is -2.18. The summed E-state index contributed by atoms with van der Waals surface area (Å²) in [4.78, 5) is 11.8. The van der Waals surface area contributed by atoms with Crippen LogP contribution in [-0.2, 0) is 7.05 Å². The molecule has 2 atom stereocenters. The minimum Gasteiger partial charge on any atom is -0.335 e. The van der Waals surface area contributed by atoms with Gasteiger partial charge < -0.3 is 10.6 Å². The molecule has 5 nitrogen and oxygen atoms in total. The van der Waals surface area contributed by atoms with Gasteiger partial charge in [0.1, 0.15) is 0 Å². The Morgan fingerprint density at radius 2 is 2.28 bits per heavy atom. The number of aromatic nitrogens is 2. The number of rotatable bonds is 6. The average Bonchev–Trinajstić information content (AvgIpc) is 2.75. The lowest BCUT2D eigenvalue weighted by atomic mass is 10.2. The first-order valence-corrected chi connectivity index (χ1v) is 7.50. The second-order valence-electron chi connectivity index (χ2n) is 4.35. The molecule has 0 aliphatic heterocycles. The van der Waals surface area contributed by atoms with Crippen molar-refractivity contribution in [2.75, 3.05) is 12.0 Å². The van der Waals surface area contributed by atoms with E-state index in [0.717, 1.165) is 17.7 Å². The molecule has 0 saturated carbocycles. The second-order valence-corrected chi connectivity index (χ2v) is 5.26. The molecule has 1 heterocycles. The highest BCUT2D eigenvalue weighted by Crippen LogP contribution is 2.10. The van der Waals surface area contributed by atoms with Gasteiger partial charge in [0, 0.05) is 30.6 Å². The molecule has 0 spiro atoms. The predicted octanol–water partition coefficient (Wildman–Crippen LogP) is 1.92. The van der Waals surface area contributed by atoms with E-state index >= 15 is 0 Å². The highest BCUT2D eigenvalue weighted by molar-refractivity contribution is 7.98. The van der Waals surface area contributed by atoms with Gasteiger partial charge in [-0.05, 0) is 19.6 Å². The maximum atomic E-state index is 11.8. The van der Waals surface area contributed by atoms with Crippen molar-refractivity contribution in [3.05, 3.63) is 18.0 Å². The summed E-state index contributed by atoms with van der Waals surface area (Å²) in [6.45, 7) is 4.03. The van der Waals surface area contributed by atoms with E-state index in [9.17, 15) is 4.79 Å². The van der Waals surface area contributed by atoms with E-state index in [0.29, 0.717) is 0 Å². The number of hydrogen-bond donors (Lipinski definition) is 2. The third-order valence-electron chi connectivity index (χ3n) is 2.77. The highest BCUT2D eigenvalue weighted by Gasteiger charge is 2.13. The molecule has 0 radical (unpaired) electrons. The summed E-state index contributed by atoms with van der Waals surface area (Å²) in [5.41, 5.74) is 1.01. The van der Waals surface area contributed by atoms with Crippen molar-refractivity contribution in [2.45, 2.75) is 32.4 Å². The average molecular weight is 270 g/mol. The number of nitrogens with zero attached hydrogens (tertiary/aromatic N) is 2. The molecule has 2 amide bonds. The Morgan fingerprint density at radius 3 is 2.78 bits per heavy atom. The molecule has 6 heteroatoms. The molecule has 0 aromatic carbocycles. The number of nitrogens with one attached hydrogen (secondary N) is 2. The molecule has 0 saturated heterocycles. The van der Waals surface area contributed by atoms with Gasteiger partial charge in [0.15, 0.2) is 0 Å². The van der Waals surface area contributed by atoms with Crippen LogP contribution in [0.5, 0.6) is 0 Å². The SMILES string of the molecule is CC[C@H](CSC)NC(=O)N[C@H](C)c1cnn(C)c1. The van der Waals surface area contributed by atoms with Gasteiger partial charge >= 0.3 is 6.03 Å². The number of urea groups is 1. The van der Waals surface area contributed by atoms with Gasteiger partial charge in [0.05, 0.1) is 12.2 Å². The van der Waals surface area contributed by atoms with E-state index < -0.39 is 0 Å². The molecular weight excluding hydrogens is 248 g/mol. The predicted molar refractivity (Wildman–Crippen MR) is 75.8 cm³/mol. The van der Waals surface area contributed by atoms with Crippen LogP contribution in [0.15, 0.2) is 12.4 Å². The van der Waals surface area contributed by atoms with E-state index in [-0.39, 0.29) is 18.1 Å². The van der Waals surface area contributed by atoms with Crippen molar-refractivity contribution in [1.82, 2.24) is 20.4 Å². The van der Waals surface area contributed by atoms with Gasteiger partial charge in [-0.25, -0.2) is 4.79 Å². The summed E-state index contributed by atoms with van der Waals surface area (Å²) in [7, 11) is 1.86. The first-order valence-electron chi connectivity index (χ1n) is 6.11. The Balaban J connectivity index is 2.44. The molecule has 2 N–H and O–H groups in total. The van der Waals surface area contributed by atoms with E-state index in [1.807, 2.05) is 26.4 Å². The van der Waals surface area contributed by atoms with E-state index in [1.54, 1.807) is 22.6 Å². The third-order valence-corrected chi connectivity index (χ3v) is 3.50. The number of carbonyl (C=O) groups is 1. The van der Waals surface area contributed by atoms with Crippen LogP contribution < -0.4 is 10.6 Å². The summed E-state index contributed by atoms with van der Waals surface area (Å²) in [6.07, 6.45) is 6.66. The molecule has 18 heavy (non-hydrogen) atoms. The zero-order chi connectivity index (χ0) is 13.5. The molecule has 1 aromatic rings. The number of thioether (sulfide) groups is 1. The summed E-state index contributed by atoms with van der Waals surface area (Å²) in [5.74, 6) is 0.936. The number of carbonyl (C=O) groups excluding carboxylic acids is 1. The third kappa shape index (κ3) is 4.60. The first-order chi connectivity index (χ1) is 8.56. The number of hydrogen-bond acceptors (Lipinski definition) is 3. The zero-order valence-corrected chi connectivity index (χ0v) is 12.3. The topological polar surface area (TPSA) is 59.0 Å². The smallest absolute Gasteiger partial charge is 0.315 e. The molecule has 0 fully saturated rings. The number of aryl methyl sites for hydroxylation is 1. The summed E-state index contributed by atoms with van der Waals surface area (Å²) >= 11 is 1.74. The van der Waals surface area contributed by atoms with Gasteiger partial charge in [-0.3, -0.25) is 4.68 Å². The molecular formula is C12H22N4OS. The Kier molecular flexibility index (Phi) is 6.04. The molecule has 1 rings (SSSR count). The van der Waals surface area contributed by atoms with Crippen molar-refractivity contribution < 1.29 is 4.79 Å². The monoisotopic (exact) mass is 270 g/mol. The van der Waals surface area contributed by atoms with Crippen LogP contribution in [0.4, 0.5) is 4.79 Å². The van der Waals surface area contributed by atoms with Crippen LogP contribution in [0.2, 0.25) is 0 Å². The maximum Gasteiger partial charge on any atom is 0.315 e. The van der Waals surface area contributed by atoms with Gasteiger partial charge in [-0.2, -0.15) is 16.9 Å². The van der Waals surface area contributed by atoms with Crippen LogP contribution in [0.1, 0.15) is 31.9 Å². The fourth-order valence-corrected chi connectivity index (χ4v) is 2.35. The summed E-state index contributed by atoms with van der Waals surface area (Å²) in [6, 6.07) is 0.0684. The van der Waals surface area contributed by atoms with Crippen molar-refractivity contribution in [3.8, 4) is 0 Å². The van der Waals surface area contributed by atoms with Crippen molar-refractivity contribution in [1.29, 1.82) is 0 Å². The van der Waals surface area contributed by atoms with Crippen molar-refractivity contribution in [2.24, 2.45) is 7.05 Å². The van der Waals surface area contributed by atoms with Crippen molar-refractivity contribution >= 4 is 17.8 Å². The fourth-order valence-electron chi connectivity index (χ4n) is 1.63. The minimum absolute atomic E-state index is 0.0366. The van der Waals surface area contributed by atoms with E-state index in [4.69, 9.17) is 0 Å². The molecule has 0 unspecified atom stereocenters. The standard InChI is InChI=1S/C12H22N4OS/c1-5-11(8-18-4)15-12(17)14-9(2)10-6-13-16(3)7-10/h6-7,9,11H,5,8H2,1-4H3,(H2,14,15,17)/t9-,11-/m1/s1. The highest BCUT2D eigenvalue weighted by atomic mass is 32.2. The first kappa shape index (κ1) is 14.9. The Labute approximate surface area is 113 Å². The van der Waals surface area contributed by atoms with E-state index in [1.165, 1.54) is 0 Å². The molecule has 1 aromatic heterocycles. The lowest BCUT2D eigenvalue weighted by molar-refractivity contribution is 0.234. The van der Waals surface area contributed by atoms with Crippen molar-refractivity contribution in [3.63, 3.8) is 0 Å². The summed E-state index contributed by atoms with van der Waals surface area (Å²) in [5, 5.41) is 9.99. The van der Waals surface area contributed by atoms with Crippen LogP contribution >= 0.6 is 11.8 Å². The van der Waals surface area contributed by atoms with Crippen LogP contribution in [0.3, 0.4) is 0 Å². The van der Waals surface area contributed by atoms with Gasteiger partial charge in [-0.1, -0.05) is 6.92 Å². The minimum atomic E-state index is -0.118. The molecule has 0 aliphatic rings.